The number of hydrazine groups is 1. The molecule has 5 nitrogen and oxygen atoms in total. The number of nitrogens with one attached hydrogen (secondary N) is 1. The highest BCUT2D eigenvalue weighted by molar-refractivity contribution is 5.41. The summed E-state index contributed by atoms with van der Waals surface area (Å²) in [5, 5.41) is 4.17. The zero-order valence-corrected chi connectivity index (χ0v) is 10.9. The molecular weight excluding hydrogens is 247 g/mol. The van der Waals surface area contributed by atoms with Gasteiger partial charge in [-0.3, -0.25) is 10.5 Å². The highest BCUT2D eigenvalue weighted by atomic mass is 19.1. The predicted molar refractivity (Wildman–Crippen MR) is 70.0 cm³/mol. The number of nitrogens with zero attached hydrogens (tertiary/aromatic N) is 2. The van der Waals surface area contributed by atoms with Crippen molar-refractivity contribution >= 4 is 0 Å². The molecule has 1 heterocycles. The Morgan fingerprint density at radius 1 is 1.53 bits per heavy atom. The number of nitrogens with two attached hydrogens (primary N) is 1. The van der Waals surface area contributed by atoms with Gasteiger partial charge in [0.25, 0.3) is 0 Å². The molecule has 102 valence electrons. The van der Waals surface area contributed by atoms with Crippen LogP contribution in [0.3, 0.4) is 0 Å². The molecule has 3 N–H and O–H groups in total. The van der Waals surface area contributed by atoms with Crippen molar-refractivity contribution in [3.63, 3.8) is 0 Å². The number of hydrogen-bond acceptors (Lipinski definition) is 4. The minimum atomic E-state index is -0.503. The number of aromatic nitrogens is 2. The Kier molecular flexibility index (Phi) is 4.13. The molecule has 1 aromatic carbocycles. The third-order valence-electron chi connectivity index (χ3n) is 3.00. The Hall–Kier alpha value is -1.92. The summed E-state index contributed by atoms with van der Waals surface area (Å²) in [4.78, 5) is 0. The quantitative estimate of drug-likeness (QED) is 0.636. The lowest BCUT2D eigenvalue weighted by molar-refractivity contribution is 0.397. The fraction of sp³-hybridized carbons (Fsp3) is 0.308. The first-order valence-electron chi connectivity index (χ1n) is 6.02. The number of rotatable bonds is 5. The third kappa shape index (κ3) is 2.59. The van der Waals surface area contributed by atoms with Gasteiger partial charge in [0.15, 0.2) is 0 Å². The van der Waals surface area contributed by atoms with E-state index < -0.39 is 6.04 Å². The molecule has 0 bridgehead atoms. The van der Waals surface area contributed by atoms with Gasteiger partial charge in [-0.15, -0.1) is 0 Å². The average molecular weight is 264 g/mol. The van der Waals surface area contributed by atoms with E-state index in [2.05, 4.69) is 10.5 Å². The van der Waals surface area contributed by atoms with Gasteiger partial charge in [-0.1, -0.05) is 6.07 Å². The van der Waals surface area contributed by atoms with Crippen LogP contribution in [0.25, 0.3) is 0 Å². The van der Waals surface area contributed by atoms with Crippen LogP contribution in [0.4, 0.5) is 4.39 Å². The molecule has 2 aromatic rings. The molecule has 2 rings (SSSR count). The summed E-state index contributed by atoms with van der Waals surface area (Å²) >= 11 is 0. The van der Waals surface area contributed by atoms with E-state index in [1.165, 1.54) is 13.2 Å². The Morgan fingerprint density at radius 3 is 2.89 bits per heavy atom. The van der Waals surface area contributed by atoms with Crippen molar-refractivity contribution in [2.75, 3.05) is 7.11 Å². The summed E-state index contributed by atoms with van der Waals surface area (Å²) in [5.41, 5.74) is 3.78. The van der Waals surface area contributed by atoms with E-state index in [9.17, 15) is 4.39 Å². The van der Waals surface area contributed by atoms with Crippen LogP contribution in [-0.2, 0) is 6.54 Å². The Morgan fingerprint density at radius 2 is 2.32 bits per heavy atom. The molecule has 1 unspecified atom stereocenters. The molecule has 0 spiro atoms. The Balaban J connectivity index is 2.47. The Bertz CT molecular complexity index is 555. The summed E-state index contributed by atoms with van der Waals surface area (Å²) in [5.74, 6) is 5.65. The van der Waals surface area contributed by atoms with Crippen molar-refractivity contribution in [3.05, 3.63) is 47.5 Å². The first kappa shape index (κ1) is 13.5. The van der Waals surface area contributed by atoms with Gasteiger partial charge in [-0.05, 0) is 19.1 Å². The van der Waals surface area contributed by atoms with Crippen molar-refractivity contribution in [2.45, 2.75) is 19.5 Å². The van der Waals surface area contributed by atoms with Gasteiger partial charge in [0.1, 0.15) is 11.6 Å². The number of hydrogen-bond donors (Lipinski definition) is 2. The minimum absolute atomic E-state index is 0.369. The molecule has 0 radical (unpaired) electrons. The van der Waals surface area contributed by atoms with Crippen LogP contribution in [0.15, 0.2) is 30.6 Å². The van der Waals surface area contributed by atoms with Crippen LogP contribution in [0, 0.1) is 5.82 Å². The molecule has 0 aliphatic carbocycles. The molecule has 0 aliphatic rings. The van der Waals surface area contributed by atoms with Gasteiger partial charge < -0.3 is 4.74 Å². The summed E-state index contributed by atoms with van der Waals surface area (Å²) in [6.45, 7) is 2.72. The normalized spacial score (nSPS) is 12.4. The van der Waals surface area contributed by atoms with Crippen molar-refractivity contribution in [3.8, 4) is 5.75 Å². The number of ether oxygens (including phenoxy) is 1. The van der Waals surface area contributed by atoms with Crippen LogP contribution in [0.5, 0.6) is 5.75 Å². The van der Waals surface area contributed by atoms with Crippen LogP contribution in [0.1, 0.15) is 24.1 Å². The van der Waals surface area contributed by atoms with Crippen LogP contribution < -0.4 is 16.0 Å². The largest absolute Gasteiger partial charge is 0.496 e. The maximum atomic E-state index is 14.0. The van der Waals surface area contributed by atoms with Gasteiger partial charge in [-0.25, -0.2) is 9.82 Å². The average Bonchev–Trinajstić information content (AvgIpc) is 2.90. The van der Waals surface area contributed by atoms with Crippen molar-refractivity contribution in [2.24, 2.45) is 5.84 Å². The summed E-state index contributed by atoms with van der Waals surface area (Å²) in [6, 6.07) is 4.18. The highest BCUT2D eigenvalue weighted by Gasteiger charge is 2.22. The van der Waals surface area contributed by atoms with Crippen molar-refractivity contribution in [1.29, 1.82) is 0 Å². The molecule has 0 fully saturated rings. The zero-order chi connectivity index (χ0) is 13.8. The number of aryl methyl sites for hydroxylation is 1. The molecule has 19 heavy (non-hydrogen) atoms. The number of methoxy groups -OCH3 is 1. The Labute approximate surface area is 111 Å². The van der Waals surface area contributed by atoms with Crippen LogP contribution >= 0.6 is 0 Å². The summed E-state index contributed by atoms with van der Waals surface area (Å²) in [7, 11) is 1.50. The van der Waals surface area contributed by atoms with E-state index in [1.54, 1.807) is 23.0 Å². The highest BCUT2D eigenvalue weighted by Crippen LogP contribution is 2.31. The molecule has 1 atom stereocenters. The van der Waals surface area contributed by atoms with E-state index >= 15 is 0 Å². The van der Waals surface area contributed by atoms with Gasteiger partial charge in [0.05, 0.1) is 24.9 Å². The predicted octanol–water partition coefficient (Wildman–Crippen LogP) is 1.60. The standard InChI is InChI=1S/C13H17FN4O/c1-3-18-8-9(7-16-18)13(17-15)12-10(14)5-4-6-11(12)19-2/h4-8,13,17H,3,15H2,1-2H3. The van der Waals surface area contributed by atoms with E-state index in [-0.39, 0.29) is 5.82 Å². The topological polar surface area (TPSA) is 65.1 Å². The van der Waals surface area contributed by atoms with Gasteiger partial charge >= 0.3 is 0 Å². The third-order valence-corrected chi connectivity index (χ3v) is 3.00. The second kappa shape index (κ2) is 5.81. The van der Waals surface area contributed by atoms with Gasteiger partial charge in [0, 0.05) is 18.3 Å². The molecule has 0 amide bonds. The summed E-state index contributed by atoms with van der Waals surface area (Å²) in [6.07, 6.45) is 3.50. The number of halogens is 1. The van der Waals surface area contributed by atoms with Gasteiger partial charge in [0.2, 0.25) is 0 Å². The van der Waals surface area contributed by atoms with Crippen molar-refractivity contribution < 1.29 is 9.13 Å². The zero-order valence-electron chi connectivity index (χ0n) is 10.9. The fourth-order valence-corrected chi connectivity index (χ4v) is 2.02. The van der Waals surface area contributed by atoms with E-state index in [0.29, 0.717) is 11.3 Å². The second-order valence-corrected chi connectivity index (χ2v) is 4.08. The molecule has 1 aromatic heterocycles. The second-order valence-electron chi connectivity index (χ2n) is 4.08. The smallest absolute Gasteiger partial charge is 0.132 e. The molecule has 0 aliphatic heterocycles. The van der Waals surface area contributed by atoms with Crippen LogP contribution in [-0.4, -0.2) is 16.9 Å². The minimum Gasteiger partial charge on any atom is -0.496 e. The van der Waals surface area contributed by atoms with Gasteiger partial charge in [-0.2, -0.15) is 5.10 Å². The lowest BCUT2D eigenvalue weighted by atomic mass is 10.0. The monoisotopic (exact) mass is 264 g/mol. The van der Waals surface area contributed by atoms with Crippen LogP contribution in [0.2, 0.25) is 0 Å². The maximum Gasteiger partial charge on any atom is 0.132 e. The van der Waals surface area contributed by atoms with E-state index in [4.69, 9.17) is 10.6 Å². The molecule has 6 heteroatoms. The lowest BCUT2D eigenvalue weighted by Gasteiger charge is -2.18. The molecular formula is C13H17FN4O. The molecule has 0 saturated heterocycles. The SMILES string of the molecule is CCn1cc(C(NN)c2c(F)cccc2OC)cn1. The van der Waals surface area contributed by atoms with E-state index in [1.807, 2.05) is 13.1 Å². The van der Waals surface area contributed by atoms with E-state index in [0.717, 1.165) is 12.1 Å². The maximum absolute atomic E-state index is 14.0. The first-order chi connectivity index (χ1) is 9.21. The fourth-order valence-electron chi connectivity index (χ4n) is 2.02. The number of benzene rings is 1. The summed E-state index contributed by atoms with van der Waals surface area (Å²) < 4.78 is 21.0. The first-order valence-corrected chi connectivity index (χ1v) is 6.02. The van der Waals surface area contributed by atoms with Crippen molar-refractivity contribution in [1.82, 2.24) is 15.2 Å². The lowest BCUT2D eigenvalue weighted by Crippen LogP contribution is -2.29. The molecule has 0 saturated carbocycles.